The number of nitrogens with zero attached hydrogens (tertiary/aromatic N) is 2. The van der Waals surface area contributed by atoms with Gasteiger partial charge in [-0.25, -0.2) is 9.59 Å². The Labute approximate surface area is 196 Å². The monoisotopic (exact) mass is 479 g/mol. The first kappa shape index (κ1) is 24.0. The van der Waals surface area contributed by atoms with E-state index in [9.17, 15) is 14.4 Å². The summed E-state index contributed by atoms with van der Waals surface area (Å²) in [6.45, 7) is 6.81. The SMILES string of the molecule is COC(=O)c1sc(NC(=O)CN2CCN(c3cc(Cl)ccc3C)CC2)c(C(=O)OC)c1C. The van der Waals surface area contributed by atoms with Crippen molar-refractivity contribution in [3.8, 4) is 0 Å². The van der Waals surface area contributed by atoms with Gasteiger partial charge in [-0.2, -0.15) is 0 Å². The number of ether oxygens (including phenoxy) is 2. The van der Waals surface area contributed by atoms with E-state index in [0.717, 1.165) is 35.7 Å². The van der Waals surface area contributed by atoms with Crippen LogP contribution in [0.2, 0.25) is 5.02 Å². The van der Waals surface area contributed by atoms with E-state index in [1.807, 2.05) is 23.1 Å². The van der Waals surface area contributed by atoms with Crippen LogP contribution < -0.4 is 10.2 Å². The first-order chi connectivity index (χ1) is 15.2. The molecule has 1 aromatic heterocycles. The number of carbonyl (C=O) groups excluding carboxylic acids is 3. The van der Waals surface area contributed by atoms with Gasteiger partial charge < -0.3 is 19.7 Å². The molecule has 172 valence electrons. The maximum Gasteiger partial charge on any atom is 0.348 e. The Bertz CT molecular complexity index is 1030. The van der Waals surface area contributed by atoms with Gasteiger partial charge in [0.25, 0.3) is 0 Å². The molecule has 3 rings (SSSR count). The van der Waals surface area contributed by atoms with E-state index in [0.29, 0.717) is 23.7 Å². The highest BCUT2D eigenvalue weighted by molar-refractivity contribution is 7.18. The molecule has 0 aliphatic carbocycles. The molecule has 1 fully saturated rings. The normalized spacial score (nSPS) is 14.2. The molecule has 8 nitrogen and oxygen atoms in total. The third kappa shape index (κ3) is 5.23. The lowest BCUT2D eigenvalue weighted by atomic mass is 10.1. The van der Waals surface area contributed by atoms with Crippen LogP contribution in [0.3, 0.4) is 0 Å². The van der Waals surface area contributed by atoms with Crippen molar-refractivity contribution in [3.63, 3.8) is 0 Å². The number of aryl methyl sites for hydroxylation is 1. The first-order valence-electron chi connectivity index (χ1n) is 10.1. The minimum Gasteiger partial charge on any atom is -0.465 e. The van der Waals surface area contributed by atoms with E-state index in [-0.39, 0.29) is 27.9 Å². The van der Waals surface area contributed by atoms with Gasteiger partial charge >= 0.3 is 11.9 Å². The van der Waals surface area contributed by atoms with Gasteiger partial charge in [-0.15, -0.1) is 11.3 Å². The van der Waals surface area contributed by atoms with Gasteiger partial charge in [0.1, 0.15) is 9.88 Å². The number of benzene rings is 1. The molecule has 1 amide bonds. The summed E-state index contributed by atoms with van der Waals surface area (Å²) in [5.74, 6) is -1.44. The summed E-state index contributed by atoms with van der Waals surface area (Å²) in [5.41, 5.74) is 2.86. The molecule has 2 heterocycles. The molecule has 1 aliphatic rings. The van der Waals surface area contributed by atoms with E-state index in [1.165, 1.54) is 14.2 Å². The molecule has 0 unspecified atom stereocenters. The smallest absolute Gasteiger partial charge is 0.348 e. The van der Waals surface area contributed by atoms with Crippen molar-refractivity contribution >= 4 is 51.5 Å². The van der Waals surface area contributed by atoms with Crippen LogP contribution in [0.4, 0.5) is 10.7 Å². The lowest BCUT2D eigenvalue weighted by Crippen LogP contribution is -2.48. The van der Waals surface area contributed by atoms with E-state index >= 15 is 0 Å². The zero-order valence-electron chi connectivity index (χ0n) is 18.5. The molecule has 10 heteroatoms. The summed E-state index contributed by atoms with van der Waals surface area (Å²) in [5, 5.41) is 3.76. The molecule has 0 radical (unpaired) electrons. The second-order valence-corrected chi connectivity index (χ2v) is 8.94. The third-order valence-corrected chi connectivity index (χ3v) is 6.83. The third-order valence-electron chi connectivity index (χ3n) is 5.41. The Kier molecular flexibility index (Phi) is 7.76. The highest BCUT2D eigenvalue weighted by Crippen LogP contribution is 2.34. The van der Waals surface area contributed by atoms with Gasteiger partial charge in [0.05, 0.1) is 26.3 Å². The van der Waals surface area contributed by atoms with Crippen molar-refractivity contribution in [1.29, 1.82) is 0 Å². The summed E-state index contributed by atoms with van der Waals surface area (Å²) in [4.78, 5) is 41.5. The number of thiophene rings is 1. The lowest BCUT2D eigenvalue weighted by Gasteiger charge is -2.36. The van der Waals surface area contributed by atoms with E-state index in [1.54, 1.807) is 6.92 Å². The second kappa shape index (κ2) is 10.3. The number of esters is 2. The number of nitrogens with one attached hydrogen (secondary N) is 1. The summed E-state index contributed by atoms with van der Waals surface area (Å²) in [7, 11) is 2.52. The van der Waals surface area contributed by atoms with Crippen LogP contribution >= 0.6 is 22.9 Å². The standard InChI is InChI=1S/C22H26ClN3O5S/c1-13-5-6-15(23)11-16(13)26-9-7-25(8-10-26)12-17(27)24-20-18(21(28)30-3)14(2)19(32-20)22(29)31-4/h5-6,11H,7-10,12H2,1-4H3,(H,24,27). The van der Waals surface area contributed by atoms with Crippen molar-refractivity contribution in [2.75, 3.05) is 57.2 Å². The Balaban J connectivity index is 1.65. The second-order valence-electron chi connectivity index (χ2n) is 7.49. The number of piperazine rings is 1. The molecular weight excluding hydrogens is 454 g/mol. The molecule has 0 bridgehead atoms. The number of carbonyl (C=O) groups is 3. The summed E-state index contributed by atoms with van der Waals surface area (Å²) < 4.78 is 9.60. The topological polar surface area (TPSA) is 88.2 Å². The molecule has 0 saturated carbocycles. The van der Waals surface area contributed by atoms with E-state index in [2.05, 4.69) is 17.1 Å². The van der Waals surface area contributed by atoms with Crippen molar-refractivity contribution in [3.05, 3.63) is 44.8 Å². The fraction of sp³-hybridized carbons (Fsp3) is 0.409. The van der Waals surface area contributed by atoms with Crippen LogP contribution in [-0.4, -0.2) is 69.7 Å². The molecule has 32 heavy (non-hydrogen) atoms. The van der Waals surface area contributed by atoms with Gasteiger partial charge in [-0.05, 0) is 37.1 Å². The molecule has 1 aliphatic heterocycles. The highest BCUT2D eigenvalue weighted by Gasteiger charge is 2.27. The van der Waals surface area contributed by atoms with E-state index < -0.39 is 11.9 Å². The Morgan fingerprint density at radius 1 is 1.06 bits per heavy atom. The number of rotatable bonds is 6. The van der Waals surface area contributed by atoms with Crippen LogP contribution in [0, 0.1) is 13.8 Å². The fourth-order valence-electron chi connectivity index (χ4n) is 3.68. The van der Waals surface area contributed by atoms with Gasteiger partial charge in [-0.1, -0.05) is 17.7 Å². The molecule has 2 aromatic rings. The van der Waals surface area contributed by atoms with Gasteiger partial charge in [0.15, 0.2) is 0 Å². The molecule has 0 atom stereocenters. The van der Waals surface area contributed by atoms with Crippen molar-refractivity contribution in [2.24, 2.45) is 0 Å². The quantitative estimate of drug-likeness (QED) is 0.635. The number of hydrogen-bond donors (Lipinski definition) is 1. The molecule has 1 saturated heterocycles. The highest BCUT2D eigenvalue weighted by atomic mass is 35.5. The average Bonchev–Trinajstić information content (AvgIpc) is 3.10. The number of halogens is 1. The maximum absolute atomic E-state index is 12.7. The summed E-state index contributed by atoms with van der Waals surface area (Å²) in [6.07, 6.45) is 0. The van der Waals surface area contributed by atoms with Crippen molar-refractivity contribution in [2.45, 2.75) is 13.8 Å². The van der Waals surface area contributed by atoms with Crippen molar-refractivity contribution in [1.82, 2.24) is 4.90 Å². The molecule has 0 spiro atoms. The van der Waals surface area contributed by atoms with Gasteiger partial charge in [0, 0.05) is 36.9 Å². The van der Waals surface area contributed by atoms with Crippen LogP contribution in [0.5, 0.6) is 0 Å². The maximum atomic E-state index is 12.7. The zero-order valence-corrected chi connectivity index (χ0v) is 20.1. The fourth-order valence-corrected chi connectivity index (χ4v) is 4.97. The van der Waals surface area contributed by atoms with Crippen LogP contribution in [-0.2, 0) is 14.3 Å². The lowest BCUT2D eigenvalue weighted by molar-refractivity contribution is -0.117. The first-order valence-corrected chi connectivity index (χ1v) is 11.3. The number of amides is 1. The number of methoxy groups -OCH3 is 2. The molecular formula is C22H26ClN3O5S. The van der Waals surface area contributed by atoms with Crippen molar-refractivity contribution < 1.29 is 23.9 Å². The summed E-state index contributed by atoms with van der Waals surface area (Å²) in [6, 6.07) is 5.84. The Morgan fingerprint density at radius 2 is 1.72 bits per heavy atom. The number of anilines is 2. The predicted octanol–water partition coefficient (Wildman–Crippen LogP) is 3.35. The number of hydrogen-bond acceptors (Lipinski definition) is 8. The predicted molar refractivity (Wildman–Crippen MR) is 125 cm³/mol. The largest absolute Gasteiger partial charge is 0.465 e. The zero-order chi connectivity index (χ0) is 23.4. The minimum absolute atomic E-state index is 0.174. The summed E-state index contributed by atoms with van der Waals surface area (Å²) >= 11 is 7.15. The average molecular weight is 480 g/mol. The van der Waals surface area contributed by atoms with Crippen LogP contribution in [0.1, 0.15) is 31.2 Å². The minimum atomic E-state index is -0.616. The van der Waals surface area contributed by atoms with Crippen LogP contribution in [0.15, 0.2) is 18.2 Å². The Hall–Kier alpha value is -2.62. The van der Waals surface area contributed by atoms with Gasteiger partial charge in [0.2, 0.25) is 5.91 Å². The van der Waals surface area contributed by atoms with Gasteiger partial charge in [-0.3, -0.25) is 9.69 Å². The Morgan fingerprint density at radius 3 is 2.34 bits per heavy atom. The van der Waals surface area contributed by atoms with Crippen LogP contribution in [0.25, 0.3) is 0 Å². The molecule has 1 N–H and O–H groups in total. The molecule has 1 aromatic carbocycles. The van der Waals surface area contributed by atoms with E-state index in [4.69, 9.17) is 21.1 Å².